The molecule has 1 aliphatic heterocycles. The zero-order valence-electron chi connectivity index (χ0n) is 13.5. The van der Waals surface area contributed by atoms with Crippen LogP contribution in [0.2, 0.25) is 0 Å². The van der Waals surface area contributed by atoms with Gasteiger partial charge in [0, 0.05) is 24.3 Å². The van der Waals surface area contributed by atoms with Crippen LogP contribution in [0.15, 0.2) is 24.3 Å². The topological polar surface area (TPSA) is 69.6 Å². The number of aliphatic carboxylic acids is 1. The number of carbonyl (C=O) groups is 2. The highest BCUT2D eigenvalue weighted by Gasteiger charge is 2.20. The molecule has 1 fully saturated rings. The summed E-state index contributed by atoms with van der Waals surface area (Å²) >= 11 is 1.57. The van der Waals surface area contributed by atoms with Gasteiger partial charge >= 0.3 is 5.97 Å². The van der Waals surface area contributed by atoms with Crippen molar-refractivity contribution in [3.05, 3.63) is 29.8 Å². The number of anilines is 1. The Kier molecular flexibility index (Phi) is 6.77. The highest BCUT2D eigenvalue weighted by molar-refractivity contribution is 7.98. The van der Waals surface area contributed by atoms with Gasteiger partial charge in [0.05, 0.1) is 0 Å². The van der Waals surface area contributed by atoms with E-state index >= 15 is 0 Å². The van der Waals surface area contributed by atoms with Gasteiger partial charge in [-0.2, -0.15) is 11.8 Å². The molecular weight excluding hydrogens is 312 g/mol. The van der Waals surface area contributed by atoms with E-state index in [0.717, 1.165) is 18.8 Å². The number of amides is 1. The van der Waals surface area contributed by atoms with Crippen LogP contribution in [0.3, 0.4) is 0 Å². The molecule has 5 nitrogen and oxygen atoms in total. The Morgan fingerprint density at radius 2 is 1.87 bits per heavy atom. The van der Waals surface area contributed by atoms with Crippen molar-refractivity contribution in [3.8, 4) is 0 Å². The fourth-order valence-electron chi connectivity index (χ4n) is 2.71. The lowest BCUT2D eigenvalue weighted by Crippen LogP contribution is -2.41. The lowest BCUT2D eigenvalue weighted by Gasteiger charge is -2.28. The third-order valence-corrected chi connectivity index (χ3v) is 4.71. The number of benzene rings is 1. The molecule has 0 radical (unpaired) electrons. The highest BCUT2D eigenvalue weighted by Crippen LogP contribution is 2.20. The number of carbonyl (C=O) groups excluding carboxylic acids is 1. The first-order valence-electron chi connectivity index (χ1n) is 7.99. The van der Waals surface area contributed by atoms with E-state index in [1.807, 2.05) is 18.4 Å². The third-order valence-electron chi connectivity index (χ3n) is 4.06. The van der Waals surface area contributed by atoms with Crippen LogP contribution in [0.25, 0.3) is 0 Å². The van der Waals surface area contributed by atoms with Gasteiger partial charge < -0.3 is 15.3 Å². The number of nitrogens with one attached hydrogen (secondary N) is 1. The van der Waals surface area contributed by atoms with E-state index in [1.54, 1.807) is 23.9 Å². The van der Waals surface area contributed by atoms with Crippen molar-refractivity contribution in [2.45, 2.75) is 31.7 Å². The van der Waals surface area contributed by atoms with Crippen LogP contribution < -0.4 is 10.2 Å². The van der Waals surface area contributed by atoms with Crippen molar-refractivity contribution in [2.24, 2.45) is 0 Å². The molecular formula is C17H24N2O3S. The zero-order valence-corrected chi connectivity index (χ0v) is 14.3. The Morgan fingerprint density at radius 3 is 2.43 bits per heavy atom. The Balaban J connectivity index is 1.97. The minimum absolute atomic E-state index is 0.330. The number of thioether (sulfide) groups is 1. The standard InChI is InChI=1S/C17H24N2O3S/c1-23-12-9-15(17(21)22)18-16(20)13-5-7-14(8-6-13)19-10-3-2-4-11-19/h5-8,15H,2-4,9-12H2,1H3,(H,18,20)(H,21,22)/t15-/m0/s1. The van der Waals surface area contributed by atoms with E-state index < -0.39 is 12.0 Å². The van der Waals surface area contributed by atoms with Gasteiger partial charge in [0.15, 0.2) is 0 Å². The summed E-state index contributed by atoms with van der Waals surface area (Å²) in [5.41, 5.74) is 1.62. The van der Waals surface area contributed by atoms with E-state index in [4.69, 9.17) is 0 Å². The Bertz CT molecular complexity index is 527. The number of carboxylic acids is 1. The average Bonchev–Trinajstić information content (AvgIpc) is 2.59. The molecule has 2 rings (SSSR count). The molecule has 1 atom stereocenters. The van der Waals surface area contributed by atoms with Crippen molar-refractivity contribution in [2.75, 3.05) is 30.0 Å². The largest absolute Gasteiger partial charge is 0.480 e. The van der Waals surface area contributed by atoms with Crippen LogP contribution in [0.4, 0.5) is 5.69 Å². The van der Waals surface area contributed by atoms with E-state index in [2.05, 4.69) is 10.2 Å². The number of hydrogen-bond acceptors (Lipinski definition) is 4. The van der Waals surface area contributed by atoms with Gasteiger partial charge in [-0.05, 0) is 62.0 Å². The van der Waals surface area contributed by atoms with Gasteiger partial charge in [-0.1, -0.05) is 0 Å². The molecule has 0 saturated carbocycles. The number of nitrogens with zero attached hydrogens (tertiary/aromatic N) is 1. The first kappa shape index (κ1) is 17.7. The molecule has 1 aromatic carbocycles. The van der Waals surface area contributed by atoms with Gasteiger partial charge in [-0.25, -0.2) is 4.79 Å². The number of rotatable bonds is 7. The molecule has 1 heterocycles. The third kappa shape index (κ3) is 5.16. The van der Waals surface area contributed by atoms with Crippen LogP contribution in [-0.2, 0) is 4.79 Å². The fourth-order valence-corrected chi connectivity index (χ4v) is 3.18. The summed E-state index contributed by atoms with van der Waals surface area (Å²) < 4.78 is 0. The second-order valence-corrected chi connectivity index (χ2v) is 6.73. The molecule has 0 aromatic heterocycles. The minimum Gasteiger partial charge on any atom is -0.480 e. The zero-order chi connectivity index (χ0) is 16.7. The summed E-state index contributed by atoms with van der Waals surface area (Å²) in [6.45, 7) is 2.11. The van der Waals surface area contributed by atoms with E-state index in [9.17, 15) is 14.7 Å². The van der Waals surface area contributed by atoms with Crippen molar-refractivity contribution in [3.63, 3.8) is 0 Å². The number of piperidine rings is 1. The smallest absolute Gasteiger partial charge is 0.326 e. The molecule has 0 aliphatic carbocycles. The normalized spacial score (nSPS) is 16.0. The maximum Gasteiger partial charge on any atom is 0.326 e. The van der Waals surface area contributed by atoms with Gasteiger partial charge in [0.1, 0.15) is 6.04 Å². The van der Waals surface area contributed by atoms with Crippen molar-refractivity contribution >= 4 is 29.3 Å². The molecule has 1 aliphatic rings. The summed E-state index contributed by atoms with van der Waals surface area (Å²) in [6.07, 6.45) is 6.04. The minimum atomic E-state index is -0.989. The average molecular weight is 336 g/mol. The number of hydrogen-bond donors (Lipinski definition) is 2. The molecule has 0 unspecified atom stereocenters. The monoisotopic (exact) mass is 336 g/mol. The van der Waals surface area contributed by atoms with Crippen LogP contribution in [-0.4, -0.2) is 48.1 Å². The van der Waals surface area contributed by atoms with Gasteiger partial charge in [0.2, 0.25) is 0 Å². The first-order chi connectivity index (χ1) is 11.1. The van der Waals surface area contributed by atoms with Crippen LogP contribution >= 0.6 is 11.8 Å². The van der Waals surface area contributed by atoms with Gasteiger partial charge in [-0.3, -0.25) is 4.79 Å². The fraction of sp³-hybridized carbons (Fsp3) is 0.529. The van der Waals surface area contributed by atoms with Crippen molar-refractivity contribution in [1.29, 1.82) is 0 Å². The molecule has 1 amide bonds. The molecule has 0 spiro atoms. The van der Waals surface area contributed by atoms with Crippen molar-refractivity contribution < 1.29 is 14.7 Å². The quantitative estimate of drug-likeness (QED) is 0.801. The maximum atomic E-state index is 12.2. The lowest BCUT2D eigenvalue weighted by atomic mass is 10.1. The molecule has 0 bridgehead atoms. The molecule has 1 aromatic rings. The number of carboxylic acid groups (broad SMARTS) is 1. The molecule has 23 heavy (non-hydrogen) atoms. The first-order valence-corrected chi connectivity index (χ1v) is 9.39. The van der Waals surface area contributed by atoms with Crippen molar-refractivity contribution in [1.82, 2.24) is 5.32 Å². The summed E-state index contributed by atoms with van der Waals surface area (Å²) in [6, 6.07) is 6.59. The van der Waals surface area contributed by atoms with Crippen LogP contribution in [0.1, 0.15) is 36.0 Å². The summed E-state index contributed by atoms with van der Waals surface area (Å²) in [5.74, 6) is -0.619. The molecule has 126 valence electrons. The second kappa shape index (κ2) is 8.82. The Morgan fingerprint density at radius 1 is 1.22 bits per heavy atom. The Hall–Kier alpha value is -1.69. The summed E-state index contributed by atoms with van der Waals surface area (Å²) in [4.78, 5) is 25.7. The van der Waals surface area contributed by atoms with Gasteiger partial charge in [0.25, 0.3) is 5.91 Å². The highest BCUT2D eigenvalue weighted by atomic mass is 32.2. The van der Waals surface area contributed by atoms with E-state index in [0.29, 0.717) is 17.7 Å². The predicted octanol–water partition coefficient (Wildman–Crippen LogP) is 2.61. The van der Waals surface area contributed by atoms with Gasteiger partial charge in [-0.15, -0.1) is 0 Å². The SMILES string of the molecule is CSCC[C@H](NC(=O)c1ccc(N2CCCCC2)cc1)C(=O)O. The maximum absolute atomic E-state index is 12.2. The second-order valence-electron chi connectivity index (χ2n) is 5.74. The molecule has 6 heteroatoms. The Labute approximate surface area is 141 Å². The summed E-state index contributed by atoms with van der Waals surface area (Å²) in [7, 11) is 0. The molecule has 1 saturated heterocycles. The van der Waals surface area contributed by atoms with E-state index in [-0.39, 0.29) is 5.91 Å². The molecule has 2 N–H and O–H groups in total. The lowest BCUT2D eigenvalue weighted by molar-refractivity contribution is -0.139. The van der Waals surface area contributed by atoms with Crippen LogP contribution in [0, 0.1) is 0 Å². The van der Waals surface area contributed by atoms with Crippen LogP contribution in [0.5, 0.6) is 0 Å². The van der Waals surface area contributed by atoms with E-state index in [1.165, 1.54) is 19.3 Å². The summed E-state index contributed by atoms with van der Waals surface area (Å²) in [5, 5.41) is 11.8. The predicted molar refractivity (Wildman–Crippen MR) is 94.4 cm³/mol.